The van der Waals surface area contributed by atoms with Crippen LogP contribution in [0.25, 0.3) is 0 Å². The van der Waals surface area contributed by atoms with Crippen molar-refractivity contribution < 1.29 is 0 Å². The van der Waals surface area contributed by atoms with Crippen molar-refractivity contribution in [1.82, 2.24) is 14.9 Å². The summed E-state index contributed by atoms with van der Waals surface area (Å²) >= 11 is 0. The average Bonchev–Trinajstić information content (AvgIpc) is 3.09. The Morgan fingerprint density at radius 3 is 2.89 bits per heavy atom. The van der Waals surface area contributed by atoms with Gasteiger partial charge < -0.3 is 9.88 Å². The summed E-state index contributed by atoms with van der Waals surface area (Å²) in [7, 11) is 0. The lowest BCUT2D eigenvalue weighted by Crippen LogP contribution is -2.25. The van der Waals surface area contributed by atoms with Gasteiger partial charge in [0.05, 0.1) is 5.69 Å². The molecule has 1 aromatic rings. The summed E-state index contributed by atoms with van der Waals surface area (Å²) < 4.78 is 2.64. The highest BCUT2D eigenvalue weighted by Gasteiger charge is 2.33. The molecular weight excluding hydrogens is 234 g/mol. The van der Waals surface area contributed by atoms with Gasteiger partial charge in [-0.2, -0.15) is 0 Å². The number of fused-ring (bicyclic) bond motifs is 1. The Hall–Kier alpha value is -0.830. The summed E-state index contributed by atoms with van der Waals surface area (Å²) in [6, 6.07) is 0. The van der Waals surface area contributed by atoms with E-state index >= 15 is 0 Å². The first-order valence-electron chi connectivity index (χ1n) is 8.10. The molecule has 2 atom stereocenters. The monoisotopic (exact) mass is 259 g/mol. The van der Waals surface area contributed by atoms with Gasteiger partial charge in [0, 0.05) is 37.7 Å². The Bertz CT molecular complexity index is 473. The van der Waals surface area contributed by atoms with Gasteiger partial charge in [0.15, 0.2) is 0 Å². The van der Waals surface area contributed by atoms with Crippen LogP contribution in [0.4, 0.5) is 0 Å². The number of aromatic nitrogens is 2. The van der Waals surface area contributed by atoms with Crippen LogP contribution in [0.15, 0.2) is 0 Å². The van der Waals surface area contributed by atoms with Gasteiger partial charge in [-0.15, -0.1) is 0 Å². The summed E-state index contributed by atoms with van der Waals surface area (Å²) in [5.41, 5.74) is 2.90. The summed E-state index contributed by atoms with van der Waals surface area (Å²) in [6.45, 7) is 5.78. The van der Waals surface area contributed by atoms with E-state index in [0.29, 0.717) is 0 Å². The minimum Gasteiger partial charge on any atom is -0.331 e. The zero-order chi connectivity index (χ0) is 12.8. The summed E-state index contributed by atoms with van der Waals surface area (Å²) in [5.74, 6) is 4.05. The highest BCUT2D eigenvalue weighted by atomic mass is 15.1. The fraction of sp³-hybridized carbons (Fsp3) is 0.812. The second-order valence-corrected chi connectivity index (χ2v) is 6.96. The molecule has 0 bridgehead atoms. The lowest BCUT2D eigenvalue weighted by molar-refractivity contribution is 0.421. The third-order valence-corrected chi connectivity index (χ3v) is 5.20. The van der Waals surface area contributed by atoms with Crippen LogP contribution in [-0.2, 0) is 19.5 Å². The number of hydrogen-bond donors (Lipinski definition) is 1. The molecule has 3 nitrogen and oxygen atoms in total. The Morgan fingerprint density at radius 1 is 1.26 bits per heavy atom. The number of rotatable bonds is 3. The summed E-state index contributed by atoms with van der Waals surface area (Å²) in [4.78, 5) is 4.97. The first kappa shape index (κ1) is 12.0. The molecule has 0 radical (unpaired) electrons. The van der Waals surface area contributed by atoms with Crippen molar-refractivity contribution >= 4 is 0 Å². The lowest BCUT2D eigenvalue weighted by atomic mass is 10.1. The molecule has 104 valence electrons. The molecule has 0 amide bonds. The smallest absolute Gasteiger partial charge is 0.112 e. The van der Waals surface area contributed by atoms with Crippen LogP contribution in [0.2, 0.25) is 0 Å². The molecule has 2 unspecified atom stereocenters. The van der Waals surface area contributed by atoms with E-state index < -0.39 is 0 Å². The zero-order valence-corrected chi connectivity index (χ0v) is 12.0. The van der Waals surface area contributed by atoms with Gasteiger partial charge in [-0.3, -0.25) is 0 Å². The molecule has 0 aromatic carbocycles. The first-order valence-corrected chi connectivity index (χ1v) is 8.10. The van der Waals surface area contributed by atoms with Crippen LogP contribution in [0, 0.1) is 11.8 Å². The molecule has 3 aliphatic rings. The van der Waals surface area contributed by atoms with Crippen molar-refractivity contribution in [3.05, 3.63) is 17.2 Å². The highest BCUT2D eigenvalue weighted by molar-refractivity contribution is 5.24. The second kappa shape index (κ2) is 4.62. The van der Waals surface area contributed by atoms with E-state index in [9.17, 15) is 0 Å². The molecule has 2 fully saturated rings. The van der Waals surface area contributed by atoms with Crippen LogP contribution in [-0.4, -0.2) is 16.1 Å². The molecule has 0 spiro atoms. The number of nitrogens with one attached hydrogen (secondary N) is 1. The average molecular weight is 259 g/mol. The van der Waals surface area contributed by atoms with Crippen molar-refractivity contribution in [2.45, 2.75) is 64.5 Å². The van der Waals surface area contributed by atoms with Gasteiger partial charge in [-0.25, -0.2) is 4.98 Å². The van der Waals surface area contributed by atoms with Crippen LogP contribution in [0.3, 0.4) is 0 Å². The summed E-state index contributed by atoms with van der Waals surface area (Å²) in [5, 5.41) is 3.47. The number of imidazole rings is 1. The van der Waals surface area contributed by atoms with E-state index in [1.807, 2.05) is 0 Å². The molecule has 1 N–H and O–H groups in total. The van der Waals surface area contributed by atoms with E-state index in [1.54, 1.807) is 5.69 Å². The third-order valence-electron chi connectivity index (χ3n) is 5.20. The molecule has 4 rings (SSSR count). The fourth-order valence-electron chi connectivity index (χ4n) is 4.00. The lowest BCUT2D eigenvalue weighted by Gasteiger charge is -2.19. The Balaban J connectivity index is 1.63. The standard InChI is InChI=1S/C16H25N3/c1-11-2-3-12(8-11)10-19-15-6-7-17-9-14(15)18-16(19)13-4-5-13/h11-13,17H,2-10H2,1H3. The van der Waals surface area contributed by atoms with Crippen LogP contribution < -0.4 is 5.32 Å². The molecule has 19 heavy (non-hydrogen) atoms. The Morgan fingerprint density at radius 2 is 2.16 bits per heavy atom. The van der Waals surface area contributed by atoms with Gasteiger partial charge >= 0.3 is 0 Å². The number of nitrogens with zero attached hydrogens (tertiary/aromatic N) is 2. The first-order chi connectivity index (χ1) is 9.31. The van der Waals surface area contributed by atoms with E-state index in [1.165, 1.54) is 56.6 Å². The summed E-state index contributed by atoms with van der Waals surface area (Å²) in [6.07, 6.45) is 8.19. The van der Waals surface area contributed by atoms with E-state index in [2.05, 4.69) is 16.8 Å². The normalized spacial score (nSPS) is 30.6. The van der Waals surface area contributed by atoms with Crippen molar-refractivity contribution in [1.29, 1.82) is 0 Å². The SMILES string of the molecule is CC1CCC(Cn2c(C3CC3)nc3c2CCNC3)C1. The topological polar surface area (TPSA) is 29.9 Å². The molecular formula is C16H25N3. The van der Waals surface area contributed by atoms with Gasteiger partial charge in [-0.1, -0.05) is 13.3 Å². The van der Waals surface area contributed by atoms with Crippen molar-refractivity contribution in [3.8, 4) is 0 Å². The van der Waals surface area contributed by atoms with Crippen LogP contribution >= 0.6 is 0 Å². The predicted molar refractivity (Wildman–Crippen MR) is 76.1 cm³/mol. The molecule has 0 saturated heterocycles. The van der Waals surface area contributed by atoms with Crippen LogP contribution in [0.1, 0.15) is 62.2 Å². The predicted octanol–water partition coefficient (Wildman–Crippen LogP) is 2.84. The fourth-order valence-corrected chi connectivity index (χ4v) is 4.00. The van der Waals surface area contributed by atoms with Gasteiger partial charge in [0.1, 0.15) is 5.82 Å². The Kier molecular flexibility index (Phi) is 2.91. The molecule has 2 heterocycles. The largest absolute Gasteiger partial charge is 0.331 e. The maximum Gasteiger partial charge on any atom is 0.112 e. The maximum absolute atomic E-state index is 4.97. The maximum atomic E-state index is 4.97. The van der Waals surface area contributed by atoms with E-state index in [0.717, 1.165) is 30.8 Å². The zero-order valence-electron chi connectivity index (χ0n) is 12.0. The number of hydrogen-bond acceptors (Lipinski definition) is 2. The van der Waals surface area contributed by atoms with E-state index in [-0.39, 0.29) is 0 Å². The third kappa shape index (κ3) is 2.22. The van der Waals surface area contributed by atoms with Crippen molar-refractivity contribution in [2.24, 2.45) is 11.8 Å². The molecule has 2 saturated carbocycles. The quantitative estimate of drug-likeness (QED) is 0.904. The minimum atomic E-state index is 0.782. The van der Waals surface area contributed by atoms with Gasteiger partial charge in [0.2, 0.25) is 0 Å². The molecule has 3 heteroatoms. The van der Waals surface area contributed by atoms with Crippen LogP contribution in [0.5, 0.6) is 0 Å². The van der Waals surface area contributed by atoms with Crippen molar-refractivity contribution in [2.75, 3.05) is 6.54 Å². The molecule has 1 aliphatic heterocycles. The highest BCUT2D eigenvalue weighted by Crippen LogP contribution is 2.41. The Labute approximate surface area is 115 Å². The van der Waals surface area contributed by atoms with E-state index in [4.69, 9.17) is 4.98 Å². The van der Waals surface area contributed by atoms with Crippen molar-refractivity contribution in [3.63, 3.8) is 0 Å². The van der Waals surface area contributed by atoms with Gasteiger partial charge in [-0.05, 0) is 37.5 Å². The molecule has 1 aromatic heterocycles. The molecule has 2 aliphatic carbocycles. The minimum absolute atomic E-state index is 0.782. The van der Waals surface area contributed by atoms with Gasteiger partial charge in [0.25, 0.3) is 0 Å². The second-order valence-electron chi connectivity index (χ2n) is 6.96.